The molecule has 2 aromatic rings. The lowest BCUT2D eigenvalue weighted by Gasteiger charge is -2.21. The number of hydrogen-bond acceptors (Lipinski definition) is 7. The summed E-state index contributed by atoms with van der Waals surface area (Å²) in [6, 6.07) is 6.48. The van der Waals surface area contributed by atoms with Gasteiger partial charge in [0.15, 0.2) is 0 Å². The van der Waals surface area contributed by atoms with Gasteiger partial charge in [0.25, 0.3) is 5.69 Å². The molecule has 1 N–H and O–H groups in total. The van der Waals surface area contributed by atoms with E-state index in [2.05, 4.69) is 15.5 Å². The molecule has 1 aromatic carbocycles. The van der Waals surface area contributed by atoms with Crippen molar-refractivity contribution in [2.24, 2.45) is 0 Å². The van der Waals surface area contributed by atoms with Crippen molar-refractivity contribution in [3.63, 3.8) is 0 Å². The van der Waals surface area contributed by atoms with Gasteiger partial charge in [-0.25, -0.2) is 0 Å². The summed E-state index contributed by atoms with van der Waals surface area (Å²) in [5.41, 5.74) is 0.757. The highest BCUT2D eigenvalue weighted by atomic mass is 32.2. The lowest BCUT2D eigenvalue weighted by Crippen LogP contribution is -2.38. The maximum absolute atomic E-state index is 10.6. The van der Waals surface area contributed by atoms with Crippen molar-refractivity contribution in [3.8, 4) is 11.4 Å². The zero-order valence-electron chi connectivity index (χ0n) is 11.2. The van der Waals surface area contributed by atoms with Gasteiger partial charge in [-0.3, -0.25) is 10.1 Å². The molecule has 0 aliphatic carbocycles. The van der Waals surface area contributed by atoms with E-state index in [-0.39, 0.29) is 5.69 Å². The molecule has 2 heterocycles. The van der Waals surface area contributed by atoms with Crippen LogP contribution < -0.4 is 5.32 Å². The molecule has 0 radical (unpaired) electrons. The summed E-state index contributed by atoms with van der Waals surface area (Å²) in [7, 11) is 0. The number of nitro benzene ring substituents is 1. The number of nitrogens with zero attached hydrogens (tertiary/aromatic N) is 3. The summed E-state index contributed by atoms with van der Waals surface area (Å²) in [4.78, 5) is 14.5. The molecule has 21 heavy (non-hydrogen) atoms. The Morgan fingerprint density at radius 1 is 1.43 bits per heavy atom. The second-order valence-electron chi connectivity index (χ2n) is 4.75. The van der Waals surface area contributed by atoms with Crippen LogP contribution in [-0.4, -0.2) is 39.2 Å². The monoisotopic (exact) mass is 306 g/mol. The molecule has 3 rings (SSSR count). The van der Waals surface area contributed by atoms with E-state index >= 15 is 0 Å². The normalized spacial score (nSPS) is 18.6. The molecule has 1 saturated heterocycles. The maximum atomic E-state index is 10.6. The minimum atomic E-state index is -0.433. The Kier molecular flexibility index (Phi) is 4.16. The number of benzene rings is 1. The first-order valence-electron chi connectivity index (χ1n) is 6.61. The predicted octanol–water partition coefficient (Wildman–Crippen LogP) is 1.89. The Morgan fingerprint density at radius 3 is 2.90 bits per heavy atom. The highest BCUT2D eigenvalue weighted by molar-refractivity contribution is 7.99. The number of nitro groups is 1. The molecule has 1 aliphatic rings. The zero-order valence-corrected chi connectivity index (χ0v) is 12.0. The molecule has 0 saturated carbocycles. The van der Waals surface area contributed by atoms with E-state index in [0.29, 0.717) is 29.7 Å². The minimum absolute atomic E-state index is 0.0471. The third-order valence-corrected chi connectivity index (χ3v) is 4.35. The van der Waals surface area contributed by atoms with Gasteiger partial charge in [-0.05, 0) is 12.1 Å². The fourth-order valence-corrected chi connectivity index (χ4v) is 3.10. The first-order chi connectivity index (χ1) is 10.2. The van der Waals surface area contributed by atoms with Crippen molar-refractivity contribution in [2.75, 3.05) is 18.1 Å². The van der Waals surface area contributed by atoms with Crippen LogP contribution in [0.5, 0.6) is 0 Å². The highest BCUT2D eigenvalue weighted by Crippen LogP contribution is 2.20. The van der Waals surface area contributed by atoms with Crippen LogP contribution in [0.15, 0.2) is 28.8 Å². The molecule has 0 spiro atoms. The summed E-state index contributed by atoms with van der Waals surface area (Å²) in [6.07, 6.45) is 0.701. The lowest BCUT2D eigenvalue weighted by atomic mass is 10.2. The van der Waals surface area contributed by atoms with Crippen LogP contribution in [-0.2, 0) is 6.42 Å². The van der Waals surface area contributed by atoms with Crippen LogP contribution >= 0.6 is 11.8 Å². The molecule has 8 heteroatoms. The van der Waals surface area contributed by atoms with Crippen molar-refractivity contribution >= 4 is 17.4 Å². The minimum Gasteiger partial charge on any atom is -0.339 e. The SMILES string of the molecule is O=[N+]([O-])c1ccc(-c2noc(CC3CSCCN3)n2)cc1. The van der Waals surface area contributed by atoms with E-state index in [1.807, 2.05) is 11.8 Å². The first-order valence-corrected chi connectivity index (χ1v) is 7.76. The van der Waals surface area contributed by atoms with E-state index in [1.54, 1.807) is 12.1 Å². The predicted molar refractivity (Wildman–Crippen MR) is 79.2 cm³/mol. The number of hydrogen-bond donors (Lipinski definition) is 1. The summed E-state index contributed by atoms with van der Waals surface area (Å²) in [5, 5.41) is 18.0. The summed E-state index contributed by atoms with van der Waals surface area (Å²) in [6.45, 7) is 0.999. The van der Waals surface area contributed by atoms with Crippen LogP contribution in [0.4, 0.5) is 5.69 Å². The van der Waals surface area contributed by atoms with Crippen molar-refractivity contribution in [1.29, 1.82) is 0 Å². The van der Waals surface area contributed by atoms with Crippen LogP contribution in [0.25, 0.3) is 11.4 Å². The van der Waals surface area contributed by atoms with Crippen molar-refractivity contribution in [2.45, 2.75) is 12.5 Å². The van der Waals surface area contributed by atoms with E-state index in [1.165, 1.54) is 12.1 Å². The highest BCUT2D eigenvalue weighted by Gasteiger charge is 2.18. The van der Waals surface area contributed by atoms with Gasteiger partial charge in [0.2, 0.25) is 11.7 Å². The Hall–Kier alpha value is -1.93. The number of aromatic nitrogens is 2. The zero-order chi connectivity index (χ0) is 14.7. The quantitative estimate of drug-likeness (QED) is 0.681. The molecule has 1 unspecified atom stereocenters. The lowest BCUT2D eigenvalue weighted by molar-refractivity contribution is -0.384. The Morgan fingerprint density at radius 2 is 2.24 bits per heavy atom. The van der Waals surface area contributed by atoms with E-state index in [9.17, 15) is 10.1 Å². The molecular formula is C13H14N4O3S. The van der Waals surface area contributed by atoms with E-state index in [0.717, 1.165) is 18.1 Å². The molecule has 1 atom stereocenters. The van der Waals surface area contributed by atoms with Gasteiger partial charge in [0.1, 0.15) is 0 Å². The van der Waals surface area contributed by atoms with Crippen LogP contribution in [0.2, 0.25) is 0 Å². The molecule has 1 aromatic heterocycles. The molecule has 1 fully saturated rings. The molecule has 7 nitrogen and oxygen atoms in total. The maximum Gasteiger partial charge on any atom is 0.269 e. The fraction of sp³-hybridized carbons (Fsp3) is 0.385. The van der Waals surface area contributed by atoms with Gasteiger partial charge in [-0.2, -0.15) is 16.7 Å². The van der Waals surface area contributed by atoms with Crippen LogP contribution in [0.3, 0.4) is 0 Å². The van der Waals surface area contributed by atoms with Crippen LogP contribution in [0, 0.1) is 10.1 Å². The fourth-order valence-electron chi connectivity index (χ4n) is 2.15. The summed E-state index contributed by atoms with van der Waals surface area (Å²) >= 11 is 1.91. The third-order valence-electron chi connectivity index (χ3n) is 3.22. The second kappa shape index (κ2) is 6.23. The van der Waals surface area contributed by atoms with Gasteiger partial charge >= 0.3 is 0 Å². The van der Waals surface area contributed by atoms with Gasteiger partial charge in [0.05, 0.1) is 4.92 Å². The Bertz CT molecular complexity index is 623. The van der Waals surface area contributed by atoms with Crippen molar-refractivity contribution in [3.05, 3.63) is 40.3 Å². The van der Waals surface area contributed by atoms with E-state index < -0.39 is 4.92 Å². The Labute approximate surface area is 125 Å². The van der Waals surface area contributed by atoms with Gasteiger partial charge in [0, 0.05) is 48.2 Å². The standard InChI is InChI=1S/C13H14N4O3S/c18-17(19)11-3-1-9(2-4-11)13-15-12(20-16-13)7-10-8-21-6-5-14-10/h1-4,10,14H,5-8H2. The second-order valence-corrected chi connectivity index (χ2v) is 5.90. The molecule has 0 amide bonds. The molecule has 0 bridgehead atoms. The number of nitrogens with one attached hydrogen (secondary N) is 1. The van der Waals surface area contributed by atoms with Gasteiger partial charge in [-0.15, -0.1) is 0 Å². The topological polar surface area (TPSA) is 94.1 Å². The molecule has 1 aliphatic heterocycles. The summed E-state index contributed by atoms with van der Waals surface area (Å²) < 4.78 is 5.26. The number of non-ortho nitro benzene ring substituents is 1. The number of thioether (sulfide) groups is 1. The average molecular weight is 306 g/mol. The van der Waals surface area contributed by atoms with Crippen LogP contribution in [0.1, 0.15) is 5.89 Å². The van der Waals surface area contributed by atoms with Crippen molar-refractivity contribution in [1.82, 2.24) is 15.5 Å². The smallest absolute Gasteiger partial charge is 0.269 e. The largest absolute Gasteiger partial charge is 0.339 e. The Balaban J connectivity index is 1.70. The number of rotatable bonds is 4. The third kappa shape index (κ3) is 3.40. The first kappa shape index (κ1) is 14.0. The molecule has 110 valence electrons. The van der Waals surface area contributed by atoms with E-state index in [4.69, 9.17) is 4.52 Å². The van der Waals surface area contributed by atoms with Gasteiger partial charge in [-0.1, -0.05) is 5.16 Å². The van der Waals surface area contributed by atoms with Crippen molar-refractivity contribution < 1.29 is 9.45 Å². The summed E-state index contributed by atoms with van der Waals surface area (Å²) in [5.74, 6) is 3.22. The molecular weight excluding hydrogens is 292 g/mol. The average Bonchev–Trinajstić information content (AvgIpc) is 2.97. The van der Waals surface area contributed by atoms with Gasteiger partial charge < -0.3 is 9.84 Å².